The summed E-state index contributed by atoms with van der Waals surface area (Å²) in [7, 11) is 3.91. The van der Waals surface area contributed by atoms with Crippen molar-refractivity contribution in [2.45, 2.75) is 62.8 Å². The highest BCUT2D eigenvalue weighted by Crippen LogP contribution is 2.39. The summed E-state index contributed by atoms with van der Waals surface area (Å²) < 4.78 is 19.1. The van der Waals surface area contributed by atoms with Gasteiger partial charge in [0.1, 0.15) is 12.0 Å². The summed E-state index contributed by atoms with van der Waals surface area (Å²) in [4.78, 5) is 39.3. The first kappa shape index (κ1) is 47.2. The van der Waals surface area contributed by atoms with Gasteiger partial charge < -0.3 is 18.9 Å². The van der Waals surface area contributed by atoms with E-state index >= 15 is 0 Å². The van der Waals surface area contributed by atoms with Crippen LogP contribution in [0.1, 0.15) is 50.9 Å². The normalized spacial score (nSPS) is 12.6. The lowest BCUT2D eigenvalue weighted by molar-refractivity contribution is -0.137. The molecule has 6 rings (SSSR count). The van der Waals surface area contributed by atoms with Crippen molar-refractivity contribution < 1.29 is 21.8 Å². The van der Waals surface area contributed by atoms with E-state index in [9.17, 15) is 18.8 Å². The van der Waals surface area contributed by atoms with Crippen LogP contribution in [0.5, 0.6) is 0 Å². The van der Waals surface area contributed by atoms with Crippen LogP contribution in [0.3, 0.4) is 0 Å². The number of alkyl halides is 2. The molecule has 0 bridgehead atoms. The predicted molar refractivity (Wildman–Crippen MR) is 241 cm³/mol. The largest absolute Gasteiger partial charge is 0.392 e. The SMILES string of the molecule is CC.CC(=O)NCCN.CC(I)C=O.O=C(OI)C(F)(P)CP.c1ccc(Cc2ccc3c(-c4c(-c5ccccn5)nn5c4CCC5)ccnc3c2)cc1. The number of halogens is 3. The Morgan fingerprint density at radius 3 is 2.30 bits per heavy atom. The van der Waals surface area contributed by atoms with Crippen LogP contribution in [0.4, 0.5) is 4.39 Å². The van der Waals surface area contributed by atoms with Crippen molar-refractivity contribution in [2.75, 3.05) is 19.3 Å². The average molecular weight is 1000 g/mol. The Bertz CT molecular complexity index is 1900. The second kappa shape index (κ2) is 25.2. The van der Waals surface area contributed by atoms with E-state index in [4.69, 9.17) is 15.8 Å². The Morgan fingerprint density at radius 2 is 1.76 bits per heavy atom. The molecule has 4 heterocycles. The van der Waals surface area contributed by atoms with Crippen molar-refractivity contribution in [3.8, 4) is 22.5 Å². The number of amides is 1. The van der Waals surface area contributed by atoms with E-state index in [-0.39, 0.29) is 16.0 Å². The molecule has 4 atom stereocenters. The molecule has 1 aliphatic rings. The molecular formula is C39H49FI2N6O4P2. The maximum atomic E-state index is 12.7. The minimum atomic E-state index is -1.94. The first-order valence-corrected chi connectivity index (χ1v) is 20.9. The van der Waals surface area contributed by atoms with E-state index in [0.29, 0.717) is 13.1 Å². The van der Waals surface area contributed by atoms with Gasteiger partial charge in [-0.2, -0.15) is 5.10 Å². The number of nitrogens with zero attached hydrogens (tertiary/aromatic N) is 4. The van der Waals surface area contributed by atoms with Crippen LogP contribution in [0.15, 0.2) is 85.2 Å². The second-order valence-electron chi connectivity index (χ2n) is 11.6. The van der Waals surface area contributed by atoms with Gasteiger partial charge in [0.2, 0.25) is 11.3 Å². The number of carbonyl (C=O) groups excluding carboxylic acids is 3. The van der Waals surface area contributed by atoms with Crippen molar-refractivity contribution in [1.29, 1.82) is 0 Å². The van der Waals surface area contributed by atoms with Gasteiger partial charge in [-0.1, -0.05) is 94.2 Å². The molecular weight excluding hydrogens is 951 g/mol. The third-order valence-electron chi connectivity index (χ3n) is 7.49. The van der Waals surface area contributed by atoms with E-state index in [2.05, 4.69) is 81.9 Å². The molecule has 1 amide bonds. The van der Waals surface area contributed by atoms with Crippen LogP contribution < -0.4 is 11.1 Å². The zero-order valence-corrected chi connectivity index (χ0v) is 37.6. The molecule has 0 spiro atoms. The van der Waals surface area contributed by atoms with Crippen LogP contribution in [0.25, 0.3) is 33.4 Å². The van der Waals surface area contributed by atoms with Gasteiger partial charge in [0.15, 0.2) is 23.0 Å². The van der Waals surface area contributed by atoms with Crippen LogP contribution in [0, 0.1) is 0 Å². The summed E-state index contributed by atoms with van der Waals surface area (Å²) in [6, 6.07) is 25.4. The van der Waals surface area contributed by atoms with Crippen LogP contribution in [-0.4, -0.2) is 66.5 Å². The number of aromatic nitrogens is 4. The van der Waals surface area contributed by atoms with Crippen molar-refractivity contribution >= 4 is 93.1 Å². The third-order valence-corrected chi connectivity index (χ3v) is 9.72. The van der Waals surface area contributed by atoms with Gasteiger partial charge in [-0.25, -0.2) is 9.18 Å². The zero-order chi connectivity index (χ0) is 40.1. The molecule has 0 saturated carbocycles. The number of rotatable bonds is 9. The number of aldehydes is 1. The Kier molecular flexibility index (Phi) is 22.1. The first-order valence-electron chi connectivity index (χ1n) is 17.4. The topological polar surface area (TPSA) is 142 Å². The highest BCUT2D eigenvalue weighted by atomic mass is 127. The fourth-order valence-corrected chi connectivity index (χ4v) is 5.88. The minimum Gasteiger partial charge on any atom is -0.392 e. The molecule has 0 fully saturated rings. The molecule has 3 aromatic heterocycles. The minimum absolute atomic E-state index is 0.0227. The lowest BCUT2D eigenvalue weighted by Gasteiger charge is -2.11. The lowest BCUT2D eigenvalue weighted by atomic mass is 9.95. The molecule has 15 heteroatoms. The number of aryl methyl sites for hydroxylation is 1. The van der Waals surface area contributed by atoms with E-state index in [1.165, 1.54) is 63.3 Å². The number of hydrogen-bond acceptors (Lipinski definition) is 8. The molecule has 3 N–H and O–H groups in total. The molecule has 0 aliphatic carbocycles. The standard InChI is InChI=1S/C27H22N4.C4H10N2O.C3H6FIO2P2.C3H5IO.C2H6/c1-2-7-19(8-3-1)17-20-11-12-21-22(13-15-29-24(21)18-20)26-25-10-6-16-31(25)30-27(26)23-9-4-5-14-28-23;1-4(7)6-3-2-5;4-3(9,1-8)2(6)7-5;1-3(4)2-5;1-2/h1-5,7-9,11-15,18H,6,10,16-17H2;2-3,5H2,1H3,(H,6,7);1,8-9H2;2-3H,1H3;1-2H3. The van der Waals surface area contributed by atoms with Crippen molar-refractivity contribution in [1.82, 2.24) is 25.1 Å². The number of benzene rings is 2. The quantitative estimate of drug-likeness (QED) is 0.0654. The maximum Gasteiger partial charge on any atom is 0.357 e. The smallest absolute Gasteiger partial charge is 0.357 e. The Morgan fingerprint density at radius 1 is 1.07 bits per heavy atom. The molecule has 5 aromatic rings. The van der Waals surface area contributed by atoms with Crippen LogP contribution in [-0.2, 0) is 36.8 Å². The molecule has 4 unspecified atom stereocenters. The summed E-state index contributed by atoms with van der Waals surface area (Å²) in [5, 5.41) is 6.71. The molecule has 0 radical (unpaired) electrons. The number of nitrogens with one attached hydrogen (secondary N) is 1. The Hall–Kier alpha value is -2.97. The van der Waals surface area contributed by atoms with Gasteiger partial charge in [-0.05, 0) is 67.1 Å². The van der Waals surface area contributed by atoms with Crippen molar-refractivity contribution in [3.63, 3.8) is 0 Å². The fourth-order valence-electron chi connectivity index (χ4n) is 5.05. The van der Waals surface area contributed by atoms with E-state index < -0.39 is 11.4 Å². The number of hydrogen-bond donors (Lipinski definition) is 2. The molecule has 0 saturated heterocycles. The van der Waals surface area contributed by atoms with E-state index in [1.807, 2.05) is 74.0 Å². The molecule has 54 heavy (non-hydrogen) atoms. The van der Waals surface area contributed by atoms with Crippen molar-refractivity contribution in [3.05, 3.63) is 102 Å². The zero-order valence-electron chi connectivity index (χ0n) is 31.0. The molecule has 290 valence electrons. The van der Waals surface area contributed by atoms with E-state index in [1.54, 1.807) is 9.24 Å². The Balaban J connectivity index is 0.000000361. The van der Waals surface area contributed by atoms with Gasteiger partial charge in [0.25, 0.3) is 0 Å². The molecule has 10 nitrogen and oxygen atoms in total. The summed E-state index contributed by atoms with van der Waals surface area (Å²) in [6.07, 6.45) is 7.79. The summed E-state index contributed by atoms with van der Waals surface area (Å²) in [5.74, 6) is -0.895. The predicted octanol–water partition coefficient (Wildman–Crippen LogP) is 8.11. The number of pyridine rings is 2. The summed E-state index contributed by atoms with van der Waals surface area (Å²) in [5.41, 5.74) is 14.3. The van der Waals surface area contributed by atoms with Gasteiger partial charge >= 0.3 is 5.97 Å². The monoisotopic (exact) mass is 1000 g/mol. The van der Waals surface area contributed by atoms with E-state index in [0.717, 1.165) is 49.0 Å². The Labute approximate surface area is 350 Å². The fraction of sp³-hybridized carbons (Fsp3) is 0.333. The second-order valence-corrected chi connectivity index (χ2v) is 15.3. The first-order chi connectivity index (χ1) is 25.9. The van der Waals surface area contributed by atoms with Crippen LogP contribution in [0.2, 0.25) is 0 Å². The third kappa shape index (κ3) is 14.9. The number of carbonyl (C=O) groups is 3. The van der Waals surface area contributed by atoms with Crippen molar-refractivity contribution in [2.24, 2.45) is 5.73 Å². The lowest BCUT2D eigenvalue weighted by Crippen LogP contribution is -2.27. The number of fused-ring (bicyclic) bond motifs is 2. The summed E-state index contributed by atoms with van der Waals surface area (Å²) in [6.45, 7) is 9.37. The van der Waals surface area contributed by atoms with Gasteiger partial charge in [-0.15, -0.1) is 9.24 Å². The molecule has 1 aliphatic heterocycles. The van der Waals surface area contributed by atoms with Gasteiger partial charge in [0, 0.05) is 61.8 Å². The highest BCUT2D eigenvalue weighted by molar-refractivity contribution is 14.1. The van der Waals surface area contributed by atoms with Crippen LogP contribution >= 0.6 is 64.1 Å². The molecule has 2 aromatic carbocycles. The summed E-state index contributed by atoms with van der Waals surface area (Å²) >= 11 is 3.39. The van der Waals surface area contributed by atoms with Gasteiger partial charge in [0.05, 0.1) is 15.1 Å². The maximum absolute atomic E-state index is 12.7. The highest BCUT2D eigenvalue weighted by Gasteiger charge is 2.32. The number of nitrogens with two attached hydrogens (primary N) is 1. The van der Waals surface area contributed by atoms with Gasteiger partial charge in [-0.3, -0.25) is 19.4 Å². The average Bonchev–Trinajstić information content (AvgIpc) is 3.81.